The summed E-state index contributed by atoms with van der Waals surface area (Å²) in [6.45, 7) is 9.53. The Balaban J connectivity index is -0.000000351. The van der Waals surface area contributed by atoms with Crippen LogP contribution >= 0.6 is 11.6 Å². The first-order valence-electron chi connectivity index (χ1n) is 7.62. The van der Waals surface area contributed by atoms with E-state index in [1.165, 1.54) is 14.2 Å². The highest BCUT2D eigenvalue weighted by atomic mass is 35.5. The molecule has 0 spiro atoms. The lowest BCUT2D eigenvalue weighted by atomic mass is 10.4. The fourth-order valence-electron chi connectivity index (χ4n) is 0.712. The van der Waals surface area contributed by atoms with Gasteiger partial charge >= 0.3 is 23.1 Å². The molecular formula is C15H31ClO9Si2. The molecule has 1 N–H and O–H groups in total. The second-order valence-corrected chi connectivity index (χ2v) is 12.5. The number of esters is 1. The van der Waals surface area contributed by atoms with Crippen LogP contribution in [0.15, 0.2) is 12.2 Å². The van der Waals surface area contributed by atoms with Crippen molar-refractivity contribution in [3.05, 3.63) is 12.2 Å². The Bertz CT molecular complexity index is 458. The molecule has 0 aliphatic heterocycles. The average molecular weight is 447 g/mol. The minimum Gasteiger partial charge on any atom is -0.458 e. The van der Waals surface area contributed by atoms with Crippen molar-refractivity contribution in [2.45, 2.75) is 26.9 Å². The Morgan fingerprint density at radius 1 is 0.926 bits per heavy atom. The summed E-state index contributed by atoms with van der Waals surface area (Å²) >= 11 is 4.87. The van der Waals surface area contributed by atoms with Gasteiger partial charge < -0.3 is 27.5 Å². The lowest BCUT2D eigenvalue weighted by Crippen LogP contribution is -2.43. The largest absolute Gasteiger partial charge is 0.458 e. The van der Waals surface area contributed by atoms with E-state index in [4.69, 9.17) is 34.4 Å². The van der Waals surface area contributed by atoms with Crippen LogP contribution < -0.4 is 0 Å². The van der Waals surface area contributed by atoms with Gasteiger partial charge in [0.2, 0.25) is 11.0 Å². The number of aliphatic hydroxyl groups is 1. The summed E-state index contributed by atoms with van der Waals surface area (Å²) in [4.78, 5) is 31.1. The summed E-state index contributed by atoms with van der Waals surface area (Å²) in [7, 11) is 1.55. The first-order chi connectivity index (χ1) is 12.3. The highest BCUT2D eigenvalue weighted by Gasteiger charge is 2.31. The molecule has 27 heavy (non-hydrogen) atoms. The molecule has 0 aliphatic carbocycles. The molecule has 0 aliphatic rings. The molecule has 0 amide bonds. The van der Waals surface area contributed by atoms with E-state index in [1.807, 2.05) is 0 Å². The molecule has 0 heterocycles. The van der Waals surface area contributed by atoms with E-state index in [1.54, 1.807) is 34.2 Å². The summed E-state index contributed by atoms with van der Waals surface area (Å²) in [5.41, 5.74) is 0.386. The number of ketones is 1. The lowest BCUT2D eigenvalue weighted by molar-refractivity contribution is -0.152. The summed E-state index contributed by atoms with van der Waals surface area (Å²) in [6, 6.07) is 0. The van der Waals surface area contributed by atoms with Gasteiger partial charge in [0.25, 0.3) is 0 Å². The van der Waals surface area contributed by atoms with Crippen LogP contribution in [0.2, 0.25) is 13.1 Å². The zero-order valence-electron chi connectivity index (χ0n) is 17.2. The van der Waals surface area contributed by atoms with Gasteiger partial charge in [-0.2, -0.15) is 0 Å². The molecule has 0 saturated heterocycles. The molecule has 0 saturated carbocycles. The standard InChI is InChI=1S/C7H14O5Si.C4H5ClO.C4H12O3Si/c1-6(8)7(9)12-5-13(4,10-2)11-3;1-3(2)4(5)6;1-6-8(3,4-5)7-2/h5H2,1-4H3;1H2,2H3;5H,4H2,1-3H3. The average Bonchev–Trinajstić information content (AvgIpc) is 2.65. The Kier molecular flexibility index (Phi) is 18.3. The summed E-state index contributed by atoms with van der Waals surface area (Å²) in [6.07, 6.45) is 0.0401. The highest BCUT2D eigenvalue weighted by molar-refractivity contribution is 6.67. The molecule has 160 valence electrons. The smallest absolute Gasteiger partial charge is 0.374 e. The Labute approximate surface area is 168 Å². The summed E-state index contributed by atoms with van der Waals surface area (Å²) < 4.78 is 24.6. The van der Waals surface area contributed by atoms with Gasteiger partial charge in [-0.1, -0.05) is 6.58 Å². The van der Waals surface area contributed by atoms with Crippen molar-refractivity contribution in [1.82, 2.24) is 0 Å². The van der Waals surface area contributed by atoms with Crippen molar-refractivity contribution in [1.29, 1.82) is 0 Å². The third kappa shape index (κ3) is 16.9. The second-order valence-electron chi connectivity index (χ2n) is 5.43. The van der Waals surface area contributed by atoms with Crippen molar-refractivity contribution < 1.29 is 41.9 Å². The van der Waals surface area contributed by atoms with Crippen LogP contribution in [0.4, 0.5) is 0 Å². The minimum atomic E-state index is -2.40. The molecule has 0 atom stereocenters. The van der Waals surface area contributed by atoms with E-state index in [0.29, 0.717) is 5.57 Å². The monoisotopic (exact) mass is 446 g/mol. The van der Waals surface area contributed by atoms with Crippen LogP contribution in [-0.4, -0.2) is 80.1 Å². The van der Waals surface area contributed by atoms with E-state index in [9.17, 15) is 14.4 Å². The molecule has 0 aromatic carbocycles. The predicted molar refractivity (Wildman–Crippen MR) is 106 cm³/mol. The SMILES string of the molecule is C=C(C)C(=O)Cl.CO[Si](C)(CO)OC.CO[Si](C)(COC(=O)C(C)=O)OC. The summed E-state index contributed by atoms with van der Waals surface area (Å²) in [5, 5.41) is 8.13. The normalized spacial score (nSPS) is 10.6. The molecule has 0 fully saturated rings. The van der Waals surface area contributed by atoms with E-state index in [0.717, 1.165) is 6.92 Å². The Hall–Kier alpha value is -0.926. The maximum Gasteiger partial charge on any atom is 0.374 e. The molecule has 0 aromatic rings. The van der Waals surface area contributed by atoms with E-state index < -0.39 is 34.1 Å². The van der Waals surface area contributed by atoms with E-state index in [-0.39, 0.29) is 12.5 Å². The molecule has 0 unspecified atom stereocenters. The topological polar surface area (TPSA) is 118 Å². The lowest BCUT2D eigenvalue weighted by Gasteiger charge is -2.21. The number of carbonyl (C=O) groups excluding carboxylic acids is 3. The van der Waals surface area contributed by atoms with Gasteiger partial charge in [0.15, 0.2) is 0 Å². The van der Waals surface area contributed by atoms with Crippen LogP contribution in [-0.2, 0) is 36.8 Å². The van der Waals surface area contributed by atoms with Gasteiger partial charge in [-0.3, -0.25) is 9.59 Å². The van der Waals surface area contributed by atoms with Crippen LogP contribution in [0.3, 0.4) is 0 Å². The number of hydrogen-bond acceptors (Lipinski definition) is 9. The molecule has 12 heteroatoms. The Morgan fingerprint density at radius 2 is 1.26 bits per heavy atom. The maximum absolute atomic E-state index is 10.8. The zero-order chi connectivity index (χ0) is 22.3. The predicted octanol–water partition coefficient (Wildman–Crippen LogP) is 1.23. The molecule has 0 radical (unpaired) electrons. The number of ether oxygens (including phenoxy) is 1. The van der Waals surface area contributed by atoms with Crippen LogP contribution in [0, 0.1) is 0 Å². The molecular weight excluding hydrogens is 416 g/mol. The zero-order valence-corrected chi connectivity index (χ0v) is 20.0. The van der Waals surface area contributed by atoms with Gasteiger partial charge in [0, 0.05) is 40.9 Å². The van der Waals surface area contributed by atoms with E-state index >= 15 is 0 Å². The molecule has 0 rings (SSSR count). The number of Topliss-reactive ketones (excluding diaryl/α,β-unsaturated/α-hetero) is 1. The quantitative estimate of drug-likeness (QED) is 0.183. The van der Waals surface area contributed by atoms with Gasteiger partial charge in [0.1, 0.15) is 6.23 Å². The van der Waals surface area contributed by atoms with E-state index in [2.05, 4.69) is 11.3 Å². The number of aliphatic hydroxyl groups excluding tert-OH is 1. The highest BCUT2D eigenvalue weighted by Crippen LogP contribution is 2.04. The first kappa shape index (κ1) is 30.8. The number of carbonyl (C=O) groups is 3. The van der Waals surface area contributed by atoms with Crippen molar-refractivity contribution in [3.63, 3.8) is 0 Å². The van der Waals surface area contributed by atoms with Gasteiger partial charge in [0.05, 0.1) is 6.23 Å². The maximum atomic E-state index is 10.8. The molecule has 0 aromatic heterocycles. The number of hydrogen-bond donors (Lipinski definition) is 1. The summed E-state index contributed by atoms with van der Waals surface area (Å²) in [5.74, 6) is -1.48. The fraction of sp³-hybridized carbons (Fsp3) is 0.667. The van der Waals surface area contributed by atoms with Crippen LogP contribution in [0.1, 0.15) is 13.8 Å². The van der Waals surface area contributed by atoms with Gasteiger partial charge in [-0.15, -0.1) is 0 Å². The third-order valence-corrected chi connectivity index (χ3v) is 8.12. The Morgan fingerprint density at radius 3 is 1.41 bits per heavy atom. The first-order valence-corrected chi connectivity index (χ1v) is 13.0. The third-order valence-electron chi connectivity index (χ3n) is 3.10. The number of halogens is 1. The second kappa shape index (κ2) is 16.1. The van der Waals surface area contributed by atoms with Crippen LogP contribution in [0.25, 0.3) is 0 Å². The number of allylic oxidation sites excluding steroid dienone is 1. The van der Waals surface area contributed by atoms with Crippen molar-refractivity contribution >= 4 is 45.7 Å². The fourth-order valence-corrected chi connectivity index (χ4v) is 1.93. The number of rotatable bonds is 9. The molecule has 9 nitrogen and oxygen atoms in total. The van der Waals surface area contributed by atoms with Crippen molar-refractivity contribution in [2.75, 3.05) is 40.9 Å². The van der Waals surface area contributed by atoms with Crippen LogP contribution in [0.5, 0.6) is 0 Å². The van der Waals surface area contributed by atoms with Crippen molar-refractivity contribution in [3.8, 4) is 0 Å². The van der Waals surface area contributed by atoms with Gasteiger partial charge in [-0.25, -0.2) is 4.79 Å². The van der Waals surface area contributed by atoms with Crippen molar-refractivity contribution in [2.24, 2.45) is 0 Å². The molecule has 0 bridgehead atoms. The minimum absolute atomic E-state index is 0.0139. The van der Waals surface area contributed by atoms with Gasteiger partial charge in [-0.05, 0) is 31.6 Å².